The fraction of sp³-hybridized carbons (Fsp3) is 0.241. The van der Waals surface area contributed by atoms with Crippen molar-refractivity contribution in [1.82, 2.24) is 24.8 Å². The number of rotatable bonds is 6. The molecule has 1 fully saturated rings. The van der Waals surface area contributed by atoms with Crippen LogP contribution in [-0.2, 0) is 6.54 Å². The lowest BCUT2D eigenvalue weighted by atomic mass is 10.0. The van der Waals surface area contributed by atoms with Gasteiger partial charge in [0.05, 0.1) is 10.4 Å². The molecule has 5 aromatic rings. The molecule has 0 unspecified atom stereocenters. The molecule has 0 radical (unpaired) electrons. The number of fused-ring (bicyclic) bond motifs is 1. The number of aromatic nitrogens is 4. The van der Waals surface area contributed by atoms with Crippen LogP contribution in [0.25, 0.3) is 32.6 Å². The standard InChI is InChI=1S/C29H28ClN7OS/c1-3-37-27-20(13-23(28(37)38)22-6-4-19(14-24(22)30)26-16-32-17-39-26)15-33-29(35-27)34-21-5-7-25(18(2)12-21)36-10-8-31-9-11-36/h4-7,12-17,31H,3,8-11H2,1-2H3,(H,33,34,35). The Kier molecular flexibility index (Phi) is 7.03. The molecular formula is C29H28ClN7OS. The predicted octanol–water partition coefficient (Wildman–Crippen LogP) is 5.72. The summed E-state index contributed by atoms with van der Waals surface area (Å²) >= 11 is 8.22. The number of piperazine rings is 1. The lowest BCUT2D eigenvalue weighted by molar-refractivity contribution is 0.588. The van der Waals surface area contributed by atoms with E-state index in [-0.39, 0.29) is 5.56 Å². The topological polar surface area (TPSA) is 88.0 Å². The van der Waals surface area contributed by atoms with Crippen LogP contribution in [0.3, 0.4) is 0 Å². The van der Waals surface area contributed by atoms with Gasteiger partial charge >= 0.3 is 0 Å². The van der Waals surface area contributed by atoms with Crippen LogP contribution in [0.4, 0.5) is 17.3 Å². The van der Waals surface area contributed by atoms with E-state index in [0.29, 0.717) is 34.3 Å². The van der Waals surface area contributed by atoms with Gasteiger partial charge in [-0.1, -0.05) is 23.7 Å². The van der Waals surface area contributed by atoms with E-state index >= 15 is 0 Å². The van der Waals surface area contributed by atoms with Crippen molar-refractivity contribution in [3.05, 3.63) is 81.3 Å². The van der Waals surface area contributed by atoms with Gasteiger partial charge < -0.3 is 15.5 Å². The number of nitrogens with zero attached hydrogens (tertiary/aromatic N) is 5. The van der Waals surface area contributed by atoms with Crippen LogP contribution in [-0.4, -0.2) is 45.7 Å². The summed E-state index contributed by atoms with van der Waals surface area (Å²) in [5.74, 6) is 0.443. The Morgan fingerprint density at radius 1 is 1.08 bits per heavy atom. The summed E-state index contributed by atoms with van der Waals surface area (Å²) in [6.45, 7) is 8.51. The van der Waals surface area contributed by atoms with Crippen LogP contribution < -0.4 is 21.1 Å². The number of nitrogens with one attached hydrogen (secondary N) is 2. The van der Waals surface area contributed by atoms with E-state index < -0.39 is 0 Å². The number of thiazole rings is 1. The number of halogens is 1. The van der Waals surface area contributed by atoms with Gasteiger partial charge in [0, 0.05) is 78.0 Å². The number of aryl methyl sites for hydroxylation is 2. The van der Waals surface area contributed by atoms with Gasteiger partial charge in [-0.25, -0.2) is 4.98 Å². The third-order valence-electron chi connectivity index (χ3n) is 7.03. The fourth-order valence-electron chi connectivity index (χ4n) is 5.07. The van der Waals surface area contributed by atoms with E-state index in [1.807, 2.05) is 37.3 Å². The first-order valence-corrected chi connectivity index (χ1v) is 14.2. The lowest BCUT2D eigenvalue weighted by Gasteiger charge is -2.30. The first kappa shape index (κ1) is 25.5. The first-order chi connectivity index (χ1) is 19.0. The van der Waals surface area contributed by atoms with Gasteiger partial charge in [0.25, 0.3) is 5.56 Å². The number of hydrogen-bond donors (Lipinski definition) is 2. The molecular weight excluding hydrogens is 530 g/mol. The second kappa shape index (κ2) is 10.8. The lowest BCUT2D eigenvalue weighted by Crippen LogP contribution is -2.43. The van der Waals surface area contributed by atoms with E-state index in [2.05, 4.69) is 44.6 Å². The average Bonchev–Trinajstić information content (AvgIpc) is 3.49. The minimum absolute atomic E-state index is 0.140. The zero-order chi connectivity index (χ0) is 26.9. The Bertz CT molecular complexity index is 1710. The van der Waals surface area contributed by atoms with Crippen LogP contribution in [0, 0.1) is 6.92 Å². The van der Waals surface area contributed by atoms with Gasteiger partial charge in [0.2, 0.25) is 5.95 Å². The molecule has 3 aromatic heterocycles. The minimum atomic E-state index is -0.140. The predicted molar refractivity (Wildman–Crippen MR) is 161 cm³/mol. The largest absolute Gasteiger partial charge is 0.369 e. The zero-order valence-electron chi connectivity index (χ0n) is 21.7. The highest BCUT2D eigenvalue weighted by Gasteiger charge is 2.17. The molecule has 39 heavy (non-hydrogen) atoms. The van der Waals surface area contributed by atoms with Crippen molar-refractivity contribution in [2.75, 3.05) is 36.4 Å². The quantitative estimate of drug-likeness (QED) is 0.276. The van der Waals surface area contributed by atoms with E-state index in [1.54, 1.807) is 33.8 Å². The van der Waals surface area contributed by atoms with Crippen LogP contribution >= 0.6 is 22.9 Å². The Balaban J connectivity index is 1.32. The van der Waals surface area contributed by atoms with Crippen molar-refractivity contribution in [1.29, 1.82) is 0 Å². The monoisotopic (exact) mass is 557 g/mol. The summed E-state index contributed by atoms with van der Waals surface area (Å²) < 4.78 is 1.67. The SMILES string of the molecule is CCn1c(=O)c(-c2ccc(-c3cncs3)cc2Cl)cc2cnc(Nc3ccc(N4CCNCC4)c(C)c3)nc21. The molecule has 8 nitrogen and oxygen atoms in total. The van der Waals surface area contributed by atoms with Crippen molar-refractivity contribution >= 4 is 51.3 Å². The highest BCUT2D eigenvalue weighted by Crippen LogP contribution is 2.33. The van der Waals surface area contributed by atoms with Gasteiger partial charge in [-0.3, -0.25) is 14.3 Å². The van der Waals surface area contributed by atoms with Gasteiger partial charge in [-0.05, 0) is 55.3 Å². The number of pyridine rings is 1. The molecule has 10 heteroatoms. The fourth-order valence-corrected chi connectivity index (χ4v) is 5.98. The van der Waals surface area contributed by atoms with Crippen molar-refractivity contribution in [2.45, 2.75) is 20.4 Å². The molecule has 0 aliphatic carbocycles. The molecule has 6 rings (SSSR count). The Labute approximate surface area is 235 Å². The molecule has 0 saturated carbocycles. The molecule has 4 heterocycles. The number of benzene rings is 2. The van der Waals surface area contributed by atoms with Gasteiger partial charge in [-0.2, -0.15) is 4.98 Å². The summed E-state index contributed by atoms with van der Waals surface area (Å²) in [5.41, 5.74) is 7.73. The maximum atomic E-state index is 13.6. The highest BCUT2D eigenvalue weighted by molar-refractivity contribution is 7.13. The van der Waals surface area contributed by atoms with Crippen LogP contribution in [0.5, 0.6) is 0 Å². The third kappa shape index (κ3) is 5.01. The minimum Gasteiger partial charge on any atom is -0.369 e. The van der Waals surface area contributed by atoms with Crippen molar-refractivity contribution in [2.24, 2.45) is 0 Å². The second-order valence-electron chi connectivity index (χ2n) is 9.50. The van der Waals surface area contributed by atoms with E-state index in [4.69, 9.17) is 16.6 Å². The Hall–Kier alpha value is -3.79. The van der Waals surface area contributed by atoms with E-state index in [0.717, 1.165) is 47.7 Å². The Morgan fingerprint density at radius 3 is 2.64 bits per heavy atom. The highest BCUT2D eigenvalue weighted by atomic mass is 35.5. The summed E-state index contributed by atoms with van der Waals surface area (Å²) in [5, 5.41) is 8.00. The van der Waals surface area contributed by atoms with Gasteiger partial charge in [0.1, 0.15) is 5.65 Å². The van der Waals surface area contributed by atoms with Crippen LogP contribution in [0.15, 0.2) is 65.2 Å². The first-order valence-electron chi connectivity index (χ1n) is 12.9. The molecule has 0 spiro atoms. The second-order valence-corrected chi connectivity index (χ2v) is 10.8. The maximum absolute atomic E-state index is 13.6. The maximum Gasteiger partial charge on any atom is 0.260 e. The van der Waals surface area contributed by atoms with Gasteiger partial charge in [-0.15, -0.1) is 11.3 Å². The third-order valence-corrected chi connectivity index (χ3v) is 8.16. The summed E-state index contributed by atoms with van der Waals surface area (Å²) in [6.07, 6.45) is 3.56. The molecule has 0 bridgehead atoms. The molecule has 2 aromatic carbocycles. The molecule has 2 N–H and O–H groups in total. The molecule has 0 amide bonds. The number of hydrogen-bond acceptors (Lipinski definition) is 8. The summed E-state index contributed by atoms with van der Waals surface area (Å²) in [7, 11) is 0. The molecule has 1 saturated heterocycles. The average molecular weight is 558 g/mol. The summed E-state index contributed by atoms with van der Waals surface area (Å²) in [6, 6.07) is 13.9. The van der Waals surface area contributed by atoms with Crippen LogP contribution in [0.1, 0.15) is 12.5 Å². The molecule has 0 atom stereocenters. The van der Waals surface area contributed by atoms with E-state index in [9.17, 15) is 4.79 Å². The van der Waals surface area contributed by atoms with Crippen molar-refractivity contribution in [3.63, 3.8) is 0 Å². The smallest absolute Gasteiger partial charge is 0.260 e. The van der Waals surface area contributed by atoms with Gasteiger partial charge in [0.15, 0.2) is 0 Å². The molecule has 1 aliphatic rings. The zero-order valence-corrected chi connectivity index (χ0v) is 23.3. The Morgan fingerprint density at radius 2 is 1.92 bits per heavy atom. The molecule has 198 valence electrons. The number of anilines is 3. The van der Waals surface area contributed by atoms with Crippen molar-refractivity contribution < 1.29 is 0 Å². The molecule has 1 aliphatic heterocycles. The van der Waals surface area contributed by atoms with E-state index in [1.165, 1.54) is 11.3 Å². The summed E-state index contributed by atoms with van der Waals surface area (Å²) in [4.78, 5) is 30.4. The normalized spacial score (nSPS) is 13.7. The van der Waals surface area contributed by atoms with Crippen LogP contribution in [0.2, 0.25) is 5.02 Å². The van der Waals surface area contributed by atoms with Crippen molar-refractivity contribution in [3.8, 4) is 21.6 Å².